The van der Waals surface area contributed by atoms with Gasteiger partial charge in [-0.1, -0.05) is 186 Å². The average molecular weight is 958 g/mol. The molecule has 5 rings (SSSR count). The zero-order chi connectivity index (χ0) is 48.6. The lowest BCUT2D eigenvalue weighted by molar-refractivity contribution is 0.327. The van der Waals surface area contributed by atoms with E-state index in [1.54, 1.807) is 0 Å². The van der Waals surface area contributed by atoms with E-state index >= 15 is 0 Å². The Morgan fingerprint density at radius 2 is 0.887 bits per heavy atom. The van der Waals surface area contributed by atoms with Gasteiger partial charge in [-0.15, -0.1) is 0 Å². The van der Waals surface area contributed by atoms with Crippen LogP contribution < -0.4 is 11.1 Å². The van der Waals surface area contributed by atoms with Crippen LogP contribution in [0.15, 0.2) is 121 Å². The molecule has 0 aliphatic rings. The minimum Gasteiger partial charge on any atom is -0.326 e. The van der Waals surface area contributed by atoms with Crippen LogP contribution >= 0.6 is 22.6 Å². The van der Waals surface area contributed by atoms with Crippen LogP contribution in [0.1, 0.15) is 146 Å². The van der Waals surface area contributed by atoms with Crippen LogP contribution in [0.4, 0.5) is 0 Å². The van der Waals surface area contributed by atoms with Gasteiger partial charge in [0.05, 0.1) is 17.2 Å². The van der Waals surface area contributed by atoms with Crippen molar-refractivity contribution in [2.75, 3.05) is 20.1 Å². The van der Waals surface area contributed by atoms with Crippen LogP contribution in [0.5, 0.6) is 0 Å². The first-order valence-electron chi connectivity index (χ1n) is 22.9. The highest BCUT2D eigenvalue weighted by Crippen LogP contribution is 2.10. The fraction of sp³-hybridized carbons (Fsp3) is 0.429. The van der Waals surface area contributed by atoms with Gasteiger partial charge in [0.15, 0.2) is 0 Å². The SMILES string of the molecule is CC.CC.CC.CC.CC.CCCN(C)Cc1ccccc1C.CCCNCc1ccccc1C.Cc1ccccc1C#N.Cc1ccccc1CN.N#Cc1ccccc1I. The van der Waals surface area contributed by atoms with Gasteiger partial charge >= 0.3 is 0 Å². The molecule has 3 N–H and O–H groups in total. The third-order valence-corrected chi connectivity index (χ3v) is 8.99. The van der Waals surface area contributed by atoms with Gasteiger partial charge in [0.1, 0.15) is 6.07 Å². The van der Waals surface area contributed by atoms with Crippen molar-refractivity contribution in [2.24, 2.45) is 5.73 Å². The topological polar surface area (TPSA) is 88.9 Å². The van der Waals surface area contributed by atoms with Gasteiger partial charge < -0.3 is 16.0 Å². The standard InChI is InChI=1S/C12H19N.C11H17N.C8H11N.C8H7N.C7H4IN.5C2H6/c1-4-9-13(3)10-12-8-6-5-7-11(12)2;1-3-8-12-9-11-7-5-4-6-10(11)2;2*1-7-4-2-3-5-8(7)6-9;8-7-4-2-1-3-6(7)5-9;5*1-2/h5-8H,4,9-10H2,1-3H3;4-7,12H,3,8-9H2,1-2H3;2-5H,6,9H2,1H3;2-5H,1H3;1-4H;5*1-2H3. The van der Waals surface area contributed by atoms with Crippen LogP contribution in [0, 0.1) is 53.9 Å². The minimum atomic E-state index is 0.646. The molecular weight excluding hydrogens is 870 g/mol. The Bertz CT molecular complexity index is 1720. The summed E-state index contributed by atoms with van der Waals surface area (Å²) >= 11 is 2.14. The van der Waals surface area contributed by atoms with Gasteiger partial charge in [0, 0.05) is 23.2 Å². The zero-order valence-corrected chi connectivity index (χ0v) is 44.5. The number of aryl methyl sites for hydroxylation is 4. The Labute approximate surface area is 397 Å². The van der Waals surface area contributed by atoms with Gasteiger partial charge in [-0.05, 0) is 140 Å². The molecule has 0 bridgehead atoms. The summed E-state index contributed by atoms with van der Waals surface area (Å²) in [6, 6.07) is 44.5. The first-order chi connectivity index (χ1) is 30.1. The molecule has 0 unspecified atom stereocenters. The van der Waals surface area contributed by atoms with E-state index in [1.807, 2.05) is 137 Å². The third kappa shape index (κ3) is 35.3. The predicted molar refractivity (Wildman–Crippen MR) is 287 cm³/mol. The quantitative estimate of drug-likeness (QED) is 0.113. The number of nitrogens with two attached hydrogens (primary N) is 1. The minimum absolute atomic E-state index is 0.646. The summed E-state index contributed by atoms with van der Waals surface area (Å²) in [4.78, 5) is 2.36. The molecule has 5 nitrogen and oxygen atoms in total. The molecular formula is C56H88IN5. The largest absolute Gasteiger partial charge is 0.326 e. The second kappa shape index (κ2) is 51.0. The van der Waals surface area contributed by atoms with Gasteiger partial charge in [-0.25, -0.2) is 0 Å². The summed E-state index contributed by atoms with van der Waals surface area (Å²) in [7, 11) is 2.18. The number of nitriles is 2. The van der Waals surface area contributed by atoms with E-state index in [1.165, 1.54) is 52.8 Å². The molecule has 0 saturated heterocycles. The maximum absolute atomic E-state index is 8.47. The van der Waals surface area contributed by atoms with Crippen LogP contribution in [-0.4, -0.2) is 25.0 Å². The number of nitrogens with one attached hydrogen (secondary N) is 1. The molecule has 0 aliphatic carbocycles. The molecule has 0 aliphatic heterocycles. The highest BCUT2D eigenvalue weighted by molar-refractivity contribution is 14.1. The second-order valence-corrected chi connectivity index (χ2v) is 13.6. The molecule has 0 heterocycles. The van der Waals surface area contributed by atoms with Crippen molar-refractivity contribution in [1.29, 1.82) is 10.5 Å². The van der Waals surface area contributed by atoms with Crippen molar-refractivity contribution >= 4 is 22.6 Å². The average Bonchev–Trinajstić information content (AvgIpc) is 3.33. The number of hydrogen-bond acceptors (Lipinski definition) is 5. The van der Waals surface area contributed by atoms with Crippen molar-refractivity contribution in [2.45, 2.75) is 143 Å². The third-order valence-electron chi connectivity index (χ3n) is 8.05. The number of nitrogens with zero attached hydrogens (tertiary/aromatic N) is 3. The summed E-state index contributed by atoms with van der Waals surface area (Å²) in [5.41, 5.74) is 16.1. The van der Waals surface area contributed by atoms with Gasteiger partial charge in [-0.3, -0.25) is 0 Å². The van der Waals surface area contributed by atoms with Gasteiger partial charge in [0.25, 0.3) is 0 Å². The molecule has 0 amide bonds. The summed E-state index contributed by atoms with van der Waals surface area (Å²) in [5, 5.41) is 20.3. The number of rotatable bonds is 9. The van der Waals surface area contributed by atoms with E-state index in [-0.39, 0.29) is 0 Å². The molecule has 62 heavy (non-hydrogen) atoms. The van der Waals surface area contributed by atoms with E-state index in [2.05, 4.69) is 147 Å². The Balaban J connectivity index is -0.000000209. The molecule has 344 valence electrons. The molecule has 0 radical (unpaired) electrons. The van der Waals surface area contributed by atoms with E-state index in [0.29, 0.717) is 6.54 Å². The number of benzene rings is 5. The zero-order valence-electron chi connectivity index (χ0n) is 42.3. The highest BCUT2D eigenvalue weighted by atomic mass is 127. The molecule has 0 aromatic heterocycles. The molecule has 0 fully saturated rings. The first kappa shape index (κ1) is 66.8. The highest BCUT2D eigenvalue weighted by Gasteiger charge is 2.01. The van der Waals surface area contributed by atoms with E-state index in [0.717, 1.165) is 39.9 Å². The lowest BCUT2D eigenvalue weighted by atomic mass is 10.1. The summed E-state index contributed by atoms with van der Waals surface area (Å²) < 4.78 is 1.01. The maximum atomic E-state index is 8.47. The molecule has 6 heteroatoms. The van der Waals surface area contributed by atoms with Crippen molar-refractivity contribution in [3.05, 3.63) is 175 Å². The molecule has 5 aromatic rings. The Morgan fingerprint density at radius 1 is 0.516 bits per heavy atom. The Hall–Kier alpha value is -4.31. The Kier molecular flexibility index (Phi) is 55.0. The van der Waals surface area contributed by atoms with Gasteiger partial charge in [-0.2, -0.15) is 10.5 Å². The fourth-order valence-corrected chi connectivity index (χ4v) is 5.34. The summed E-state index contributed by atoms with van der Waals surface area (Å²) in [6.07, 6.45) is 2.42. The lowest BCUT2D eigenvalue weighted by Gasteiger charge is -2.16. The molecule has 0 atom stereocenters. The smallest absolute Gasteiger partial charge is 0.100 e. The van der Waals surface area contributed by atoms with Crippen LogP contribution in [0.3, 0.4) is 0 Å². The maximum Gasteiger partial charge on any atom is 0.100 e. The summed E-state index contributed by atoms with van der Waals surface area (Å²) in [6.45, 7) is 37.7. The van der Waals surface area contributed by atoms with Crippen molar-refractivity contribution in [3.63, 3.8) is 0 Å². The van der Waals surface area contributed by atoms with Crippen molar-refractivity contribution in [3.8, 4) is 12.1 Å². The van der Waals surface area contributed by atoms with E-state index in [4.69, 9.17) is 16.3 Å². The first-order valence-corrected chi connectivity index (χ1v) is 24.0. The van der Waals surface area contributed by atoms with Gasteiger partial charge in [0.2, 0.25) is 0 Å². The fourth-order valence-electron chi connectivity index (χ4n) is 4.84. The normalized spacial score (nSPS) is 8.55. The lowest BCUT2D eigenvalue weighted by Crippen LogP contribution is -2.18. The number of halogens is 1. The second-order valence-electron chi connectivity index (χ2n) is 12.4. The molecule has 5 aromatic carbocycles. The molecule has 0 spiro atoms. The van der Waals surface area contributed by atoms with Crippen LogP contribution in [0.25, 0.3) is 0 Å². The monoisotopic (exact) mass is 958 g/mol. The predicted octanol–water partition coefficient (Wildman–Crippen LogP) is 15.9. The number of hydrogen-bond donors (Lipinski definition) is 2. The Morgan fingerprint density at radius 3 is 1.21 bits per heavy atom. The van der Waals surface area contributed by atoms with Crippen LogP contribution in [0.2, 0.25) is 0 Å². The van der Waals surface area contributed by atoms with E-state index in [9.17, 15) is 0 Å². The van der Waals surface area contributed by atoms with Crippen molar-refractivity contribution < 1.29 is 0 Å². The summed E-state index contributed by atoms with van der Waals surface area (Å²) in [5.74, 6) is 0. The van der Waals surface area contributed by atoms with Crippen LogP contribution in [-0.2, 0) is 19.6 Å². The van der Waals surface area contributed by atoms with E-state index < -0.39 is 0 Å². The van der Waals surface area contributed by atoms with Crippen molar-refractivity contribution in [1.82, 2.24) is 10.2 Å². The molecule has 0 saturated carbocycles.